The molecule has 0 radical (unpaired) electrons. The number of aromatic nitrogens is 2. The molecule has 1 unspecified atom stereocenters. The molecular formula is C26H23N3O5. The van der Waals surface area contributed by atoms with Crippen molar-refractivity contribution in [2.24, 2.45) is 0 Å². The Labute approximate surface area is 194 Å². The van der Waals surface area contributed by atoms with Crippen LogP contribution in [0, 0.1) is 0 Å². The SMILES string of the molecule is O=C(COC(=O)Cn1[nH]c(=O)c2ccccc2c1=O)NC(Cc1ccccc1)c1ccccc1. The lowest BCUT2D eigenvalue weighted by Gasteiger charge is -2.19. The Morgan fingerprint density at radius 2 is 1.47 bits per heavy atom. The molecule has 34 heavy (non-hydrogen) atoms. The molecule has 1 amide bonds. The van der Waals surface area contributed by atoms with E-state index >= 15 is 0 Å². The Kier molecular flexibility index (Phi) is 6.98. The van der Waals surface area contributed by atoms with E-state index in [1.54, 1.807) is 12.1 Å². The maximum absolute atomic E-state index is 12.6. The fourth-order valence-corrected chi connectivity index (χ4v) is 3.70. The van der Waals surface area contributed by atoms with E-state index in [1.807, 2.05) is 60.7 Å². The van der Waals surface area contributed by atoms with Gasteiger partial charge in [-0.1, -0.05) is 72.8 Å². The largest absolute Gasteiger partial charge is 0.454 e. The van der Waals surface area contributed by atoms with Gasteiger partial charge in [-0.05, 0) is 29.7 Å². The van der Waals surface area contributed by atoms with Crippen LogP contribution in [0.15, 0.2) is 94.5 Å². The van der Waals surface area contributed by atoms with Crippen LogP contribution in [-0.2, 0) is 27.3 Å². The third kappa shape index (κ3) is 5.47. The molecule has 0 aliphatic rings. The highest BCUT2D eigenvalue weighted by atomic mass is 16.5. The maximum atomic E-state index is 12.6. The van der Waals surface area contributed by atoms with E-state index in [0.29, 0.717) is 6.42 Å². The lowest BCUT2D eigenvalue weighted by Crippen LogP contribution is -2.36. The Morgan fingerprint density at radius 3 is 2.18 bits per heavy atom. The topological polar surface area (TPSA) is 110 Å². The summed E-state index contributed by atoms with van der Waals surface area (Å²) in [7, 11) is 0. The smallest absolute Gasteiger partial charge is 0.328 e. The minimum Gasteiger partial charge on any atom is -0.454 e. The second-order valence-electron chi connectivity index (χ2n) is 7.76. The van der Waals surface area contributed by atoms with Crippen LogP contribution in [0.5, 0.6) is 0 Å². The first kappa shape index (κ1) is 22.7. The van der Waals surface area contributed by atoms with E-state index in [2.05, 4.69) is 10.4 Å². The number of ether oxygens (including phenoxy) is 1. The molecular weight excluding hydrogens is 434 g/mol. The van der Waals surface area contributed by atoms with Gasteiger partial charge in [-0.25, -0.2) is 4.68 Å². The molecule has 3 aromatic carbocycles. The van der Waals surface area contributed by atoms with Gasteiger partial charge in [0.2, 0.25) is 0 Å². The minimum atomic E-state index is -0.817. The normalized spacial score (nSPS) is 11.6. The van der Waals surface area contributed by atoms with E-state index in [0.717, 1.165) is 15.8 Å². The number of carbonyl (C=O) groups is 2. The van der Waals surface area contributed by atoms with Gasteiger partial charge in [-0.3, -0.25) is 24.3 Å². The van der Waals surface area contributed by atoms with Crippen LogP contribution in [0.4, 0.5) is 0 Å². The van der Waals surface area contributed by atoms with Gasteiger partial charge in [0.1, 0.15) is 6.54 Å². The summed E-state index contributed by atoms with van der Waals surface area (Å²) in [6.45, 7) is -1.03. The third-order valence-corrected chi connectivity index (χ3v) is 5.36. The first-order chi connectivity index (χ1) is 16.5. The van der Waals surface area contributed by atoms with Gasteiger partial charge in [0, 0.05) is 0 Å². The van der Waals surface area contributed by atoms with E-state index in [4.69, 9.17) is 4.74 Å². The molecule has 0 fully saturated rings. The van der Waals surface area contributed by atoms with Crippen LogP contribution in [0.1, 0.15) is 17.2 Å². The highest BCUT2D eigenvalue weighted by molar-refractivity contribution is 5.82. The summed E-state index contributed by atoms with van der Waals surface area (Å²) < 4.78 is 5.95. The van der Waals surface area contributed by atoms with Crippen molar-refractivity contribution in [3.63, 3.8) is 0 Å². The van der Waals surface area contributed by atoms with E-state index in [1.165, 1.54) is 12.1 Å². The van der Waals surface area contributed by atoms with Crippen LogP contribution < -0.4 is 16.4 Å². The first-order valence-corrected chi connectivity index (χ1v) is 10.8. The highest BCUT2D eigenvalue weighted by Crippen LogP contribution is 2.18. The predicted octanol–water partition coefficient (Wildman–Crippen LogP) is 2.33. The zero-order valence-electron chi connectivity index (χ0n) is 18.3. The van der Waals surface area contributed by atoms with Gasteiger partial charge in [0.25, 0.3) is 17.0 Å². The van der Waals surface area contributed by atoms with Gasteiger partial charge < -0.3 is 10.1 Å². The molecule has 0 aliphatic heterocycles. The van der Waals surface area contributed by atoms with Crippen LogP contribution in [-0.4, -0.2) is 28.3 Å². The fourth-order valence-electron chi connectivity index (χ4n) is 3.70. The zero-order valence-corrected chi connectivity index (χ0v) is 18.3. The summed E-state index contributed by atoms with van der Waals surface area (Å²) in [5.41, 5.74) is 0.954. The Morgan fingerprint density at radius 1 is 0.853 bits per heavy atom. The van der Waals surface area contributed by atoms with Crippen molar-refractivity contribution in [2.75, 3.05) is 6.61 Å². The number of esters is 1. The van der Waals surface area contributed by atoms with Crippen molar-refractivity contribution in [1.29, 1.82) is 0 Å². The van der Waals surface area contributed by atoms with Crippen LogP contribution >= 0.6 is 0 Å². The van der Waals surface area contributed by atoms with Crippen LogP contribution in [0.3, 0.4) is 0 Å². The third-order valence-electron chi connectivity index (χ3n) is 5.36. The second-order valence-corrected chi connectivity index (χ2v) is 7.76. The molecule has 8 nitrogen and oxygen atoms in total. The molecule has 0 bridgehead atoms. The fraction of sp³-hybridized carbons (Fsp3) is 0.154. The molecule has 172 valence electrons. The summed E-state index contributed by atoms with van der Waals surface area (Å²) in [5, 5.41) is 5.70. The van der Waals surface area contributed by atoms with E-state index in [-0.39, 0.29) is 16.8 Å². The lowest BCUT2D eigenvalue weighted by molar-refractivity contribution is -0.149. The number of benzene rings is 3. The quantitative estimate of drug-likeness (QED) is 0.395. The molecule has 0 aliphatic carbocycles. The predicted molar refractivity (Wildman–Crippen MR) is 127 cm³/mol. The summed E-state index contributed by atoms with van der Waals surface area (Å²) in [4.78, 5) is 49.5. The number of rotatable bonds is 8. The number of amides is 1. The second kappa shape index (κ2) is 10.4. The van der Waals surface area contributed by atoms with Crippen molar-refractivity contribution in [3.8, 4) is 0 Å². The Balaban J connectivity index is 1.40. The van der Waals surface area contributed by atoms with E-state index < -0.39 is 36.1 Å². The Bertz CT molecular complexity index is 1410. The average molecular weight is 457 g/mol. The number of hydrogen-bond donors (Lipinski definition) is 2. The van der Waals surface area contributed by atoms with Gasteiger partial charge in [-0.15, -0.1) is 0 Å². The molecule has 4 rings (SSSR count). The minimum absolute atomic E-state index is 0.198. The molecule has 8 heteroatoms. The number of hydrogen-bond acceptors (Lipinski definition) is 5. The monoisotopic (exact) mass is 457 g/mol. The molecule has 1 aromatic heterocycles. The first-order valence-electron chi connectivity index (χ1n) is 10.8. The molecule has 0 spiro atoms. The standard InChI is InChI=1S/C26H23N3O5/c30-23(27-22(19-11-5-2-6-12-19)15-18-9-3-1-4-10-18)17-34-24(31)16-29-26(33)21-14-8-7-13-20(21)25(32)28-29/h1-14,22H,15-17H2,(H,27,30)(H,28,32). The summed E-state index contributed by atoms with van der Waals surface area (Å²) in [5.74, 6) is -1.29. The molecule has 4 aromatic rings. The number of H-pyrrole nitrogens is 1. The van der Waals surface area contributed by atoms with Gasteiger partial charge in [0.15, 0.2) is 6.61 Å². The number of nitrogens with zero attached hydrogens (tertiary/aromatic N) is 1. The van der Waals surface area contributed by atoms with E-state index in [9.17, 15) is 19.2 Å². The highest BCUT2D eigenvalue weighted by Gasteiger charge is 2.17. The van der Waals surface area contributed by atoms with Crippen molar-refractivity contribution >= 4 is 22.6 Å². The zero-order chi connectivity index (χ0) is 23.9. The number of fused-ring (bicyclic) bond motifs is 1. The molecule has 1 heterocycles. The van der Waals surface area contributed by atoms with Crippen molar-refractivity contribution < 1.29 is 14.3 Å². The molecule has 2 N–H and O–H groups in total. The van der Waals surface area contributed by atoms with Crippen molar-refractivity contribution in [1.82, 2.24) is 15.1 Å². The Hall–Kier alpha value is -4.46. The van der Waals surface area contributed by atoms with Gasteiger partial charge in [0.05, 0.1) is 16.8 Å². The van der Waals surface area contributed by atoms with Crippen molar-refractivity contribution in [3.05, 3.63) is 117 Å². The summed E-state index contributed by atoms with van der Waals surface area (Å²) >= 11 is 0. The van der Waals surface area contributed by atoms with Crippen LogP contribution in [0.25, 0.3) is 10.8 Å². The van der Waals surface area contributed by atoms with Crippen molar-refractivity contribution in [2.45, 2.75) is 19.0 Å². The number of aromatic amines is 1. The molecule has 1 atom stereocenters. The van der Waals surface area contributed by atoms with Gasteiger partial charge in [-0.2, -0.15) is 0 Å². The molecule has 0 saturated heterocycles. The number of carbonyl (C=O) groups excluding carboxylic acids is 2. The molecule has 0 saturated carbocycles. The van der Waals surface area contributed by atoms with Gasteiger partial charge >= 0.3 is 5.97 Å². The lowest BCUT2D eigenvalue weighted by atomic mass is 9.99. The summed E-state index contributed by atoms with van der Waals surface area (Å²) in [6, 6.07) is 25.3. The summed E-state index contributed by atoms with van der Waals surface area (Å²) in [6.07, 6.45) is 0.568. The van der Waals surface area contributed by atoms with Crippen LogP contribution in [0.2, 0.25) is 0 Å². The maximum Gasteiger partial charge on any atom is 0.328 e. The average Bonchev–Trinajstić information content (AvgIpc) is 2.87. The number of nitrogens with one attached hydrogen (secondary N) is 2.